The SMILES string of the molecule is CC(c1ccc(-c2ccccc2)c(F)c1)c1cc(NS(=N)N2CCOCC2)on1. The Kier molecular flexibility index (Phi) is 6.03. The lowest BCUT2D eigenvalue weighted by atomic mass is 9.95. The Morgan fingerprint density at radius 3 is 2.62 bits per heavy atom. The quantitative estimate of drug-likeness (QED) is 0.617. The third-order valence-corrected chi connectivity index (χ3v) is 6.25. The van der Waals surface area contributed by atoms with E-state index in [0.29, 0.717) is 43.4 Å². The molecule has 8 heteroatoms. The predicted molar refractivity (Wildman–Crippen MR) is 112 cm³/mol. The minimum absolute atomic E-state index is 0.135. The minimum Gasteiger partial charge on any atom is -0.379 e. The second-order valence-corrected chi connectivity index (χ2v) is 8.16. The first kappa shape index (κ1) is 19.8. The Morgan fingerprint density at radius 1 is 1.14 bits per heavy atom. The molecule has 2 unspecified atom stereocenters. The molecule has 4 rings (SSSR count). The van der Waals surface area contributed by atoms with E-state index < -0.39 is 11.1 Å². The normalized spacial score (nSPS) is 17.0. The number of nitrogens with zero attached hydrogens (tertiary/aromatic N) is 2. The molecule has 0 bridgehead atoms. The van der Waals surface area contributed by atoms with Crippen LogP contribution in [0.4, 0.5) is 10.3 Å². The number of halogens is 1. The van der Waals surface area contributed by atoms with Crippen LogP contribution in [0, 0.1) is 10.6 Å². The fourth-order valence-corrected chi connectivity index (χ4v) is 4.18. The molecule has 152 valence electrons. The summed E-state index contributed by atoms with van der Waals surface area (Å²) < 4.78 is 38.7. The zero-order valence-corrected chi connectivity index (χ0v) is 16.9. The van der Waals surface area contributed by atoms with Gasteiger partial charge in [-0.25, -0.2) is 13.5 Å². The number of hydrogen-bond acceptors (Lipinski definition) is 4. The van der Waals surface area contributed by atoms with E-state index in [0.717, 1.165) is 11.1 Å². The van der Waals surface area contributed by atoms with Crippen LogP contribution in [0.15, 0.2) is 59.1 Å². The molecule has 0 saturated carbocycles. The average Bonchev–Trinajstić information content (AvgIpc) is 3.23. The molecular weight excluding hydrogens is 391 g/mol. The lowest BCUT2D eigenvalue weighted by Crippen LogP contribution is -2.39. The lowest BCUT2D eigenvalue weighted by Gasteiger charge is -2.26. The molecule has 2 heterocycles. The van der Waals surface area contributed by atoms with Crippen LogP contribution >= 0.6 is 0 Å². The number of benzene rings is 2. The van der Waals surface area contributed by atoms with Gasteiger partial charge in [0, 0.05) is 30.6 Å². The maximum absolute atomic E-state index is 14.7. The molecule has 1 aliphatic rings. The van der Waals surface area contributed by atoms with Crippen molar-refractivity contribution >= 4 is 16.9 Å². The van der Waals surface area contributed by atoms with E-state index in [9.17, 15) is 4.39 Å². The van der Waals surface area contributed by atoms with Gasteiger partial charge in [0.2, 0.25) is 5.88 Å². The Bertz CT molecular complexity index is 989. The smallest absolute Gasteiger partial charge is 0.236 e. The Balaban J connectivity index is 1.46. The van der Waals surface area contributed by atoms with Gasteiger partial charge in [-0.05, 0) is 17.2 Å². The summed E-state index contributed by atoms with van der Waals surface area (Å²) >= 11 is -0.920. The van der Waals surface area contributed by atoms with Gasteiger partial charge in [0.15, 0.2) is 0 Å². The van der Waals surface area contributed by atoms with Crippen molar-refractivity contribution in [2.75, 3.05) is 31.0 Å². The van der Waals surface area contributed by atoms with E-state index in [1.165, 1.54) is 0 Å². The van der Waals surface area contributed by atoms with Gasteiger partial charge < -0.3 is 9.26 Å². The van der Waals surface area contributed by atoms with E-state index >= 15 is 0 Å². The van der Waals surface area contributed by atoms with Gasteiger partial charge in [0.1, 0.15) is 5.82 Å². The molecule has 0 radical (unpaired) electrons. The number of morpholine rings is 1. The van der Waals surface area contributed by atoms with E-state index in [1.54, 1.807) is 18.2 Å². The summed E-state index contributed by atoms with van der Waals surface area (Å²) in [6, 6.07) is 16.5. The topological polar surface area (TPSA) is 74.4 Å². The zero-order chi connectivity index (χ0) is 20.2. The van der Waals surface area contributed by atoms with Gasteiger partial charge in [-0.15, -0.1) is 0 Å². The van der Waals surface area contributed by atoms with Gasteiger partial charge in [-0.3, -0.25) is 4.72 Å². The molecule has 2 aromatic carbocycles. The number of rotatable bonds is 6. The molecule has 2 atom stereocenters. The number of anilines is 1. The third-order valence-electron chi connectivity index (χ3n) is 4.98. The van der Waals surface area contributed by atoms with Gasteiger partial charge in [0.05, 0.1) is 30.0 Å². The summed E-state index contributed by atoms with van der Waals surface area (Å²) in [4.78, 5) is 0. The second kappa shape index (κ2) is 8.86. The number of nitrogens with one attached hydrogen (secondary N) is 2. The highest BCUT2D eigenvalue weighted by molar-refractivity contribution is 7.85. The molecule has 1 aliphatic heterocycles. The van der Waals surface area contributed by atoms with Crippen molar-refractivity contribution < 1.29 is 13.7 Å². The molecule has 29 heavy (non-hydrogen) atoms. The van der Waals surface area contributed by atoms with Crippen LogP contribution in [0.3, 0.4) is 0 Å². The first-order chi connectivity index (χ1) is 14.1. The van der Waals surface area contributed by atoms with Crippen molar-refractivity contribution in [3.63, 3.8) is 0 Å². The highest BCUT2D eigenvalue weighted by Gasteiger charge is 2.19. The van der Waals surface area contributed by atoms with Crippen LogP contribution in [0.1, 0.15) is 24.1 Å². The maximum atomic E-state index is 14.7. The molecule has 0 spiro atoms. The van der Waals surface area contributed by atoms with Crippen LogP contribution in [0.25, 0.3) is 11.1 Å². The lowest BCUT2D eigenvalue weighted by molar-refractivity contribution is 0.0764. The van der Waals surface area contributed by atoms with Crippen LogP contribution in [0.5, 0.6) is 0 Å². The summed E-state index contributed by atoms with van der Waals surface area (Å²) in [5, 5.41) is 4.12. The monoisotopic (exact) mass is 414 g/mol. The first-order valence-electron chi connectivity index (χ1n) is 9.48. The Morgan fingerprint density at radius 2 is 1.90 bits per heavy atom. The van der Waals surface area contributed by atoms with Crippen LogP contribution < -0.4 is 4.72 Å². The minimum atomic E-state index is -0.920. The fourth-order valence-electron chi connectivity index (χ4n) is 3.25. The average molecular weight is 415 g/mol. The molecule has 6 nitrogen and oxygen atoms in total. The largest absolute Gasteiger partial charge is 0.379 e. The van der Waals surface area contributed by atoms with Crippen molar-refractivity contribution in [3.8, 4) is 11.1 Å². The predicted octanol–water partition coefficient (Wildman–Crippen LogP) is 4.59. The maximum Gasteiger partial charge on any atom is 0.236 e. The Hall–Kier alpha value is -2.55. The molecule has 1 aromatic heterocycles. The van der Waals surface area contributed by atoms with Crippen LogP contribution in [-0.2, 0) is 15.8 Å². The fraction of sp³-hybridized carbons (Fsp3) is 0.286. The number of aromatic nitrogens is 1. The van der Waals surface area contributed by atoms with Crippen LogP contribution in [0.2, 0.25) is 0 Å². The summed E-state index contributed by atoms with van der Waals surface area (Å²) in [5.41, 5.74) is 2.94. The molecule has 3 aromatic rings. The standard InChI is InChI=1S/C21H23FN4O2S/c1-15(17-7-8-18(19(22)13-17)16-5-3-2-4-6-16)20-14-21(28-24-20)25-29(23)26-9-11-27-12-10-26/h2-8,13-15H,9-12H2,1H3,(H2,23,25). The third kappa shape index (κ3) is 4.55. The van der Waals surface area contributed by atoms with Gasteiger partial charge in [-0.2, -0.15) is 0 Å². The van der Waals surface area contributed by atoms with Crippen molar-refractivity contribution in [3.05, 3.63) is 71.7 Å². The van der Waals surface area contributed by atoms with Crippen molar-refractivity contribution in [1.82, 2.24) is 9.46 Å². The molecule has 0 aliphatic carbocycles. The number of hydrogen-bond donors (Lipinski definition) is 2. The van der Waals surface area contributed by atoms with E-state index in [-0.39, 0.29) is 11.7 Å². The van der Waals surface area contributed by atoms with E-state index in [2.05, 4.69) is 9.88 Å². The molecule has 1 saturated heterocycles. The van der Waals surface area contributed by atoms with Crippen molar-refractivity contribution in [2.24, 2.45) is 0 Å². The second-order valence-electron chi connectivity index (χ2n) is 6.87. The summed E-state index contributed by atoms with van der Waals surface area (Å²) in [6.07, 6.45) is 0. The molecule has 1 fully saturated rings. The highest BCUT2D eigenvalue weighted by atomic mass is 32.2. The summed E-state index contributed by atoms with van der Waals surface area (Å²) in [7, 11) is 0. The van der Waals surface area contributed by atoms with Crippen molar-refractivity contribution in [2.45, 2.75) is 12.8 Å². The summed E-state index contributed by atoms with van der Waals surface area (Å²) in [5.74, 6) is 0.0463. The highest BCUT2D eigenvalue weighted by Crippen LogP contribution is 2.30. The van der Waals surface area contributed by atoms with Gasteiger partial charge in [0.25, 0.3) is 0 Å². The number of ether oxygens (including phenoxy) is 1. The summed E-state index contributed by atoms with van der Waals surface area (Å²) in [6.45, 7) is 4.65. The molecule has 0 amide bonds. The van der Waals surface area contributed by atoms with Crippen LogP contribution in [-0.4, -0.2) is 35.8 Å². The first-order valence-corrected chi connectivity index (χ1v) is 10.7. The molecule has 2 N–H and O–H groups in total. The Labute approximate surface area is 171 Å². The van der Waals surface area contributed by atoms with Crippen molar-refractivity contribution in [1.29, 1.82) is 4.78 Å². The van der Waals surface area contributed by atoms with E-state index in [4.69, 9.17) is 14.0 Å². The van der Waals surface area contributed by atoms with E-state index in [1.807, 2.05) is 47.6 Å². The molecular formula is C21H23FN4O2S. The zero-order valence-electron chi connectivity index (χ0n) is 16.1. The van der Waals surface area contributed by atoms with Gasteiger partial charge in [-0.1, -0.05) is 54.5 Å². The van der Waals surface area contributed by atoms with Gasteiger partial charge >= 0.3 is 0 Å².